The Morgan fingerprint density at radius 3 is 2.20 bits per heavy atom. The number of esters is 2. The van der Waals surface area contributed by atoms with Gasteiger partial charge in [0.2, 0.25) is 11.9 Å². The Morgan fingerprint density at radius 1 is 1.02 bits per heavy atom. The number of phosphoric ester groups is 1. The summed E-state index contributed by atoms with van der Waals surface area (Å²) in [6.45, 7) is 1.81. The summed E-state index contributed by atoms with van der Waals surface area (Å²) in [6.07, 6.45) is -5.51. The molecule has 2 N–H and O–H groups in total. The van der Waals surface area contributed by atoms with E-state index in [1.807, 2.05) is 0 Å². The average Bonchev–Trinajstić information content (AvgIpc) is 3.30. The maximum atomic E-state index is 12.4. The van der Waals surface area contributed by atoms with Crippen molar-refractivity contribution in [3.8, 4) is 0 Å². The van der Waals surface area contributed by atoms with E-state index < -0.39 is 78.0 Å². The van der Waals surface area contributed by atoms with Gasteiger partial charge in [0, 0.05) is 20.8 Å². The topological polar surface area (TPSA) is 326 Å². The van der Waals surface area contributed by atoms with Gasteiger partial charge < -0.3 is 42.9 Å². The zero-order valence-electron chi connectivity index (χ0n) is 20.7. The highest BCUT2D eigenvalue weighted by Gasteiger charge is 2.51. The van der Waals surface area contributed by atoms with E-state index in [0.717, 1.165) is 31.7 Å². The minimum absolute atomic E-state index is 0.246. The van der Waals surface area contributed by atoms with Crippen molar-refractivity contribution in [2.45, 2.75) is 45.3 Å². The van der Waals surface area contributed by atoms with Crippen LogP contribution >= 0.6 is 23.5 Å². The average molecular weight is 645 g/mol. The second-order valence-electron chi connectivity index (χ2n) is 7.93. The van der Waals surface area contributed by atoms with Gasteiger partial charge >= 0.3 is 11.9 Å². The van der Waals surface area contributed by atoms with Gasteiger partial charge in [-0.2, -0.15) is 4.98 Å². The Bertz CT molecular complexity index is 1550. The molecule has 41 heavy (non-hydrogen) atoms. The number of hydrogen-bond donors (Lipinski definition) is 2. The van der Waals surface area contributed by atoms with Gasteiger partial charge in [0.1, 0.15) is 6.10 Å². The van der Waals surface area contributed by atoms with Crippen LogP contribution in [0.4, 0.5) is 5.95 Å². The van der Waals surface area contributed by atoms with Crippen molar-refractivity contribution in [3.05, 3.63) is 16.7 Å². The standard InChI is InChI=1S/C16H22N5O17P3/c1-6(22)18-16-19-13-10(14(25)20-16)17-5-21(13)15-12(35-8(3)24)11(34-7(2)23)9(36-15)4-33-40(29,30)38-41(31,32)37-39(26,27)28/h5,9,11-12,15H,4H2,1-3H3,(H,29,30)(H,31,32)(H2,26,27,28)(H2,18,19,20,22,25)/p-4. The summed E-state index contributed by atoms with van der Waals surface area (Å²) in [6, 6.07) is 0. The second kappa shape index (κ2) is 12.2. The number of aromatic amines is 1. The minimum Gasteiger partial charge on any atom is -0.790 e. The molecule has 1 fully saturated rings. The number of hydrogen-bond acceptors (Lipinski definition) is 19. The Labute approximate surface area is 227 Å². The molecule has 0 aliphatic carbocycles. The number of fused-ring (bicyclic) bond motifs is 1. The lowest BCUT2D eigenvalue weighted by Crippen LogP contribution is -2.40. The van der Waals surface area contributed by atoms with Gasteiger partial charge in [0.05, 0.1) is 20.8 Å². The molecular weight excluding hydrogens is 627 g/mol. The van der Waals surface area contributed by atoms with Crippen molar-refractivity contribution >= 4 is 58.4 Å². The molecule has 0 radical (unpaired) electrons. The van der Waals surface area contributed by atoms with Crippen molar-refractivity contribution in [2.24, 2.45) is 0 Å². The third-order valence-electron chi connectivity index (χ3n) is 4.69. The van der Waals surface area contributed by atoms with Gasteiger partial charge in [-0.05, 0) is 0 Å². The van der Waals surface area contributed by atoms with Crippen LogP contribution in [0.25, 0.3) is 11.2 Å². The van der Waals surface area contributed by atoms with Gasteiger partial charge in [0.15, 0.2) is 29.6 Å². The van der Waals surface area contributed by atoms with E-state index in [-0.39, 0.29) is 17.1 Å². The molecule has 3 heterocycles. The van der Waals surface area contributed by atoms with Crippen molar-refractivity contribution < 1.29 is 75.0 Å². The van der Waals surface area contributed by atoms with Crippen LogP contribution in [-0.4, -0.2) is 62.3 Å². The largest absolute Gasteiger partial charge is 0.790 e. The third kappa shape index (κ3) is 8.81. The van der Waals surface area contributed by atoms with Crippen molar-refractivity contribution in [1.82, 2.24) is 19.5 Å². The number of phosphoric acid groups is 3. The molecule has 25 heteroatoms. The number of amides is 1. The first-order valence-electron chi connectivity index (χ1n) is 10.7. The molecule has 1 saturated heterocycles. The van der Waals surface area contributed by atoms with E-state index in [1.165, 1.54) is 0 Å². The van der Waals surface area contributed by atoms with Gasteiger partial charge in [-0.3, -0.25) is 47.5 Å². The molecular formula is C16H18N5O17P3-4. The van der Waals surface area contributed by atoms with Crippen LogP contribution in [0.15, 0.2) is 11.1 Å². The molecule has 1 aliphatic heterocycles. The summed E-state index contributed by atoms with van der Waals surface area (Å²) < 4.78 is 61.9. The summed E-state index contributed by atoms with van der Waals surface area (Å²) in [5.41, 5.74) is -1.35. The van der Waals surface area contributed by atoms with E-state index in [2.05, 4.69) is 33.4 Å². The van der Waals surface area contributed by atoms with Crippen LogP contribution in [-0.2, 0) is 55.4 Å². The molecule has 22 nitrogen and oxygen atoms in total. The van der Waals surface area contributed by atoms with Gasteiger partial charge in [-0.25, -0.2) is 9.29 Å². The lowest BCUT2D eigenvalue weighted by molar-refractivity contribution is -0.339. The monoisotopic (exact) mass is 645 g/mol. The number of carbonyl (C=O) groups is 3. The van der Waals surface area contributed by atoms with Crippen LogP contribution in [0.3, 0.4) is 0 Å². The summed E-state index contributed by atoms with van der Waals surface area (Å²) >= 11 is 0. The fourth-order valence-corrected chi connectivity index (χ4v) is 6.37. The predicted molar refractivity (Wildman–Crippen MR) is 118 cm³/mol. The Kier molecular flexibility index (Phi) is 9.68. The molecule has 6 atom stereocenters. The van der Waals surface area contributed by atoms with E-state index >= 15 is 0 Å². The van der Waals surface area contributed by atoms with Crippen LogP contribution < -0.4 is 30.4 Å². The summed E-state index contributed by atoms with van der Waals surface area (Å²) in [4.78, 5) is 102. The number of ether oxygens (including phenoxy) is 3. The first-order chi connectivity index (χ1) is 18.8. The lowest BCUT2D eigenvalue weighted by atomic mass is 10.1. The van der Waals surface area contributed by atoms with E-state index in [0.29, 0.717) is 0 Å². The van der Waals surface area contributed by atoms with Gasteiger partial charge in [-0.15, -0.1) is 0 Å². The maximum absolute atomic E-state index is 12.4. The van der Waals surface area contributed by atoms with Crippen LogP contribution in [0, 0.1) is 0 Å². The molecule has 228 valence electrons. The minimum atomic E-state index is -6.28. The fraction of sp³-hybridized carbons (Fsp3) is 0.500. The molecule has 1 amide bonds. The SMILES string of the molecule is CC(=O)Nc1nc2c(ncn2C2OC(COP(=O)([O-])OP(=O)([O-])OP(=O)([O-])[O-])C(OC(C)=O)C2OC(C)=O)c(=O)[nH]1. The first kappa shape index (κ1) is 32.6. The molecule has 0 spiro atoms. The van der Waals surface area contributed by atoms with E-state index in [1.54, 1.807) is 0 Å². The number of carbonyl (C=O) groups excluding carboxylic acids is 3. The van der Waals surface area contributed by atoms with E-state index in [4.69, 9.17) is 14.2 Å². The number of imidazole rings is 1. The Morgan fingerprint density at radius 2 is 1.63 bits per heavy atom. The molecule has 2 aromatic rings. The third-order valence-corrected chi connectivity index (χ3v) is 8.35. The highest BCUT2D eigenvalue weighted by Crippen LogP contribution is 2.60. The highest BCUT2D eigenvalue weighted by atomic mass is 31.3. The number of nitrogens with zero attached hydrogens (tertiary/aromatic N) is 3. The number of H-pyrrole nitrogens is 1. The maximum Gasteiger partial charge on any atom is 0.303 e. The van der Waals surface area contributed by atoms with Crippen LogP contribution in [0.5, 0.6) is 0 Å². The number of nitrogens with one attached hydrogen (secondary N) is 2. The van der Waals surface area contributed by atoms with Gasteiger partial charge in [-0.1, -0.05) is 0 Å². The molecule has 1 aliphatic rings. The number of rotatable bonds is 11. The van der Waals surface area contributed by atoms with Crippen LogP contribution in [0.1, 0.15) is 27.0 Å². The summed E-state index contributed by atoms with van der Waals surface area (Å²) in [7, 11) is -18.5. The molecule has 0 bridgehead atoms. The molecule has 2 aromatic heterocycles. The molecule has 0 aromatic carbocycles. The Hall–Kier alpha value is -2.87. The lowest BCUT2D eigenvalue weighted by Gasteiger charge is -2.37. The summed E-state index contributed by atoms with van der Waals surface area (Å²) in [5, 5.41) is 2.24. The quantitative estimate of drug-likeness (QED) is 0.178. The molecule has 6 unspecified atom stereocenters. The zero-order valence-corrected chi connectivity index (χ0v) is 23.4. The molecule has 3 rings (SSSR count). The van der Waals surface area contributed by atoms with Crippen molar-refractivity contribution in [3.63, 3.8) is 0 Å². The number of aromatic nitrogens is 4. The summed E-state index contributed by atoms with van der Waals surface area (Å²) in [5.74, 6) is -2.85. The second-order valence-corrected chi connectivity index (χ2v) is 12.2. The van der Waals surface area contributed by atoms with Gasteiger partial charge in [0.25, 0.3) is 21.2 Å². The fourth-order valence-electron chi connectivity index (χ4n) is 3.50. The van der Waals surface area contributed by atoms with Crippen molar-refractivity contribution in [1.29, 1.82) is 0 Å². The predicted octanol–water partition coefficient (Wildman–Crippen LogP) is -3.35. The van der Waals surface area contributed by atoms with Crippen molar-refractivity contribution in [2.75, 3.05) is 11.9 Å². The van der Waals surface area contributed by atoms with E-state index in [9.17, 15) is 52.4 Å². The first-order valence-corrected chi connectivity index (χ1v) is 15.1. The zero-order chi connectivity index (χ0) is 30.9. The smallest absolute Gasteiger partial charge is 0.303 e. The Balaban J connectivity index is 1.97. The highest BCUT2D eigenvalue weighted by molar-refractivity contribution is 7.64. The van der Waals surface area contributed by atoms with Crippen LogP contribution in [0.2, 0.25) is 0 Å². The number of anilines is 1. The normalized spacial score (nSPS) is 23.9. The molecule has 0 saturated carbocycles.